The molecule has 0 unspecified atom stereocenters. The van der Waals surface area contributed by atoms with Gasteiger partial charge in [0.25, 0.3) is 5.91 Å². The Morgan fingerprint density at radius 1 is 1.00 bits per heavy atom. The Balaban J connectivity index is 1.52. The molecule has 32 heavy (non-hydrogen) atoms. The molecule has 1 aromatic heterocycles. The van der Waals surface area contributed by atoms with Crippen LogP contribution in [0.4, 0.5) is 0 Å². The summed E-state index contributed by atoms with van der Waals surface area (Å²) in [5.74, 6) is 0.896. The van der Waals surface area contributed by atoms with Gasteiger partial charge in [0.1, 0.15) is 5.82 Å². The monoisotopic (exact) mass is 489 g/mol. The second-order valence-electron chi connectivity index (χ2n) is 9.07. The zero-order valence-electron chi connectivity index (χ0n) is 18.7. The number of nitrogens with zero attached hydrogens (tertiary/aromatic N) is 2. The second-order valence-corrected chi connectivity index (χ2v) is 9.98. The maximum atomic E-state index is 12.5. The van der Waals surface area contributed by atoms with Gasteiger partial charge in [0, 0.05) is 29.5 Å². The Labute approximate surface area is 197 Å². The van der Waals surface area contributed by atoms with Crippen molar-refractivity contribution in [1.29, 1.82) is 0 Å². The highest BCUT2D eigenvalue weighted by molar-refractivity contribution is 9.10. The van der Waals surface area contributed by atoms with Gasteiger partial charge in [-0.15, -0.1) is 0 Å². The van der Waals surface area contributed by atoms with E-state index in [1.165, 1.54) is 11.1 Å². The number of carbonyl (C=O) groups is 1. The quantitative estimate of drug-likeness (QED) is 0.354. The number of nitrogens with one attached hydrogen (secondary N) is 1. The molecule has 0 aliphatic rings. The highest BCUT2D eigenvalue weighted by atomic mass is 79.9. The second kappa shape index (κ2) is 9.29. The van der Waals surface area contributed by atoms with E-state index in [9.17, 15) is 4.79 Å². The van der Waals surface area contributed by atoms with E-state index in [0.717, 1.165) is 27.9 Å². The first-order valence-electron chi connectivity index (χ1n) is 10.9. The number of imidazole rings is 1. The molecule has 0 atom stereocenters. The molecule has 0 spiro atoms. The third-order valence-electron chi connectivity index (χ3n) is 5.62. The lowest BCUT2D eigenvalue weighted by molar-refractivity contribution is 0.0954. The van der Waals surface area contributed by atoms with Crippen molar-refractivity contribution in [3.63, 3.8) is 0 Å². The fourth-order valence-corrected chi connectivity index (χ4v) is 4.20. The summed E-state index contributed by atoms with van der Waals surface area (Å²) in [5, 5.41) is 3.02. The van der Waals surface area contributed by atoms with E-state index in [-0.39, 0.29) is 11.3 Å². The van der Waals surface area contributed by atoms with E-state index in [1.54, 1.807) is 0 Å². The van der Waals surface area contributed by atoms with Crippen molar-refractivity contribution in [1.82, 2.24) is 14.9 Å². The Morgan fingerprint density at radius 2 is 1.75 bits per heavy atom. The van der Waals surface area contributed by atoms with Gasteiger partial charge >= 0.3 is 0 Å². The lowest BCUT2D eigenvalue weighted by Gasteiger charge is -2.19. The Hall–Kier alpha value is -2.92. The summed E-state index contributed by atoms with van der Waals surface area (Å²) < 4.78 is 3.15. The summed E-state index contributed by atoms with van der Waals surface area (Å²) >= 11 is 3.42. The fourth-order valence-electron chi connectivity index (χ4n) is 3.81. The van der Waals surface area contributed by atoms with Crippen molar-refractivity contribution in [2.45, 2.75) is 39.2 Å². The van der Waals surface area contributed by atoms with Crippen molar-refractivity contribution < 1.29 is 4.79 Å². The van der Waals surface area contributed by atoms with Gasteiger partial charge in [-0.25, -0.2) is 4.98 Å². The number of rotatable bonds is 6. The first-order chi connectivity index (χ1) is 15.3. The molecule has 0 bridgehead atoms. The predicted octanol–water partition coefficient (Wildman–Crippen LogP) is 6.12. The minimum atomic E-state index is -0.0771. The first kappa shape index (κ1) is 22.3. The standard InChI is InChI=1S/C27H28BrN3O/c1-27(2,3)21-13-11-19(12-14-21)18-31-24-10-5-4-9-23(24)30-25(31)15-16-29-26(32)20-7-6-8-22(28)17-20/h4-14,17H,15-16,18H2,1-3H3,(H,29,32). The average Bonchev–Trinajstić information content (AvgIpc) is 3.11. The highest BCUT2D eigenvalue weighted by Gasteiger charge is 2.15. The van der Waals surface area contributed by atoms with Gasteiger partial charge in [0.15, 0.2) is 0 Å². The van der Waals surface area contributed by atoms with Crippen LogP contribution in [0.25, 0.3) is 11.0 Å². The Kier molecular flexibility index (Phi) is 6.47. The minimum Gasteiger partial charge on any atom is -0.352 e. The van der Waals surface area contributed by atoms with Crippen LogP contribution in [0.3, 0.4) is 0 Å². The number of amides is 1. The number of carbonyl (C=O) groups excluding carboxylic acids is 1. The van der Waals surface area contributed by atoms with Crippen LogP contribution >= 0.6 is 15.9 Å². The number of fused-ring (bicyclic) bond motifs is 1. The van der Waals surface area contributed by atoms with Crippen LogP contribution in [0.5, 0.6) is 0 Å². The molecule has 0 saturated heterocycles. The molecule has 4 rings (SSSR count). The molecule has 3 aromatic carbocycles. The summed E-state index contributed by atoms with van der Waals surface area (Å²) in [5.41, 5.74) is 5.44. The highest BCUT2D eigenvalue weighted by Crippen LogP contribution is 2.24. The third kappa shape index (κ3) is 5.10. The molecule has 4 aromatic rings. The van der Waals surface area contributed by atoms with Gasteiger partial charge in [0.05, 0.1) is 11.0 Å². The lowest BCUT2D eigenvalue weighted by atomic mass is 9.87. The lowest BCUT2D eigenvalue weighted by Crippen LogP contribution is -2.26. The van der Waals surface area contributed by atoms with Crippen LogP contribution in [0.15, 0.2) is 77.3 Å². The van der Waals surface area contributed by atoms with E-state index in [1.807, 2.05) is 42.5 Å². The zero-order chi connectivity index (χ0) is 22.7. The Morgan fingerprint density at radius 3 is 2.47 bits per heavy atom. The van der Waals surface area contributed by atoms with Crippen LogP contribution in [-0.4, -0.2) is 22.0 Å². The fraction of sp³-hybridized carbons (Fsp3) is 0.259. The largest absolute Gasteiger partial charge is 0.352 e. The van der Waals surface area contributed by atoms with E-state index in [4.69, 9.17) is 4.98 Å². The molecule has 0 aliphatic carbocycles. The molecule has 1 N–H and O–H groups in total. The summed E-state index contributed by atoms with van der Waals surface area (Å²) in [7, 11) is 0. The number of aromatic nitrogens is 2. The van der Waals surface area contributed by atoms with Gasteiger partial charge in [-0.3, -0.25) is 4.79 Å². The Bertz CT molecular complexity index is 1240. The van der Waals surface area contributed by atoms with E-state index in [2.05, 4.69) is 76.9 Å². The van der Waals surface area contributed by atoms with E-state index < -0.39 is 0 Å². The van der Waals surface area contributed by atoms with Gasteiger partial charge in [0.2, 0.25) is 0 Å². The summed E-state index contributed by atoms with van der Waals surface area (Å²) in [6.45, 7) is 7.96. The normalized spacial score (nSPS) is 11.6. The van der Waals surface area contributed by atoms with Crippen LogP contribution in [0, 0.1) is 0 Å². The number of para-hydroxylation sites is 2. The zero-order valence-corrected chi connectivity index (χ0v) is 20.3. The maximum absolute atomic E-state index is 12.5. The van der Waals surface area contributed by atoms with Crippen molar-refractivity contribution >= 4 is 32.9 Å². The SMILES string of the molecule is CC(C)(C)c1ccc(Cn2c(CCNC(=O)c3cccc(Br)c3)nc3ccccc32)cc1. The molecule has 164 valence electrons. The van der Waals surface area contributed by atoms with Gasteiger partial charge in [-0.2, -0.15) is 0 Å². The first-order valence-corrected chi connectivity index (χ1v) is 11.7. The topological polar surface area (TPSA) is 46.9 Å². The number of benzene rings is 3. The van der Waals surface area contributed by atoms with Gasteiger partial charge in [-0.1, -0.05) is 79.2 Å². The summed E-state index contributed by atoms with van der Waals surface area (Å²) in [6, 6.07) is 24.5. The van der Waals surface area contributed by atoms with Crippen LogP contribution in [0.2, 0.25) is 0 Å². The van der Waals surface area contributed by atoms with Crippen molar-refractivity contribution in [3.8, 4) is 0 Å². The molecule has 0 saturated carbocycles. The summed E-state index contributed by atoms with van der Waals surface area (Å²) in [6.07, 6.45) is 0.661. The van der Waals surface area contributed by atoms with Gasteiger partial charge < -0.3 is 9.88 Å². The van der Waals surface area contributed by atoms with Crippen molar-refractivity contribution in [3.05, 3.63) is 99.8 Å². The minimum absolute atomic E-state index is 0.0771. The molecule has 0 aliphatic heterocycles. The smallest absolute Gasteiger partial charge is 0.251 e. The molecule has 0 radical (unpaired) electrons. The molecule has 1 amide bonds. The predicted molar refractivity (Wildman–Crippen MR) is 134 cm³/mol. The molecule has 1 heterocycles. The molecule has 5 heteroatoms. The third-order valence-corrected chi connectivity index (χ3v) is 6.11. The van der Waals surface area contributed by atoms with E-state index >= 15 is 0 Å². The van der Waals surface area contributed by atoms with E-state index in [0.29, 0.717) is 18.5 Å². The van der Waals surface area contributed by atoms with Crippen molar-refractivity contribution in [2.75, 3.05) is 6.54 Å². The maximum Gasteiger partial charge on any atom is 0.251 e. The molecule has 4 nitrogen and oxygen atoms in total. The molecule has 0 fully saturated rings. The van der Waals surface area contributed by atoms with Crippen LogP contribution < -0.4 is 5.32 Å². The van der Waals surface area contributed by atoms with Crippen LogP contribution in [0.1, 0.15) is 48.1 Å². The summed E-state index contributed by atoms with van der Waals surface area (Å²) in [4.78, 5) is 17.3. The van der Waals surface area contributed by atoms with Gasteiger partial charge in [-0.05, 0) is 46.9 Å². The van der Waals surface area contributed by atoms with Crippen LogP contribution in [-0.2, 0) is 18.4 Å². The average molecular weight is 490 g/mol. The van der Waals surface area contributed by atoms with Crippen molar-refractivity contribution in [2.24, 2.45) is 0 Å². The molecular formula is C27H28BrN3O. The number of hydrogen-bond donors (Lipinski definition) is 1. The molecular weight excluding hydrogens is 462 g/mol. The number of hydrogen-bond acceptors (Lipinski definition) is 2. The number of halogens is 1.